The first-order chi connectivity index (χ1) is 10.1. The van der Waals surface area contributed by atoms with Gasteiger partial charge in [0.15, 0.2) is 5.96 Å². The molecule has 0 unspecified atom stereocenters. The second-order valence-electron chi connectivity index (χ2n) is 5.03. The van der Waals surface area contributed by atoms with Crippen LogP contribution in [0.25, 0.3) is 0 Å². The number of carbonyl (C=O) groups is 1. The maximum atomic E-state index is 11.9. The molecule has 0 saturated carbocycles. The molecule has 116 valence electrons. The fraction of sp³-hybridized carbons (Fsp3) is 0.615. The minimum atomic E-state index is -0.680. The Balaban J connectivity index is 1.80. The van der Waals surface area contributed by atoms with Crippen molar-refractivity contribution >= 4 is 23.3 Å². The van der Waals surface area contributed by atoms with Crippen molar-refractivity contribution in [2.45, 2.75) is 44.6 Å². The largest absolute Gasteiger partial charge is 0.397 e. The Kier molecular flexibility index (Phi) is 5.51. The molecule has 0 spiro atoms. The van der Waals surface area contributed by atoms with E-state index in [2.05, 4.69) is 9.98 Å². The Morgan fingerprint density at radius 2 is 2.14 bits per heavy atom. The van der Waals surface area contributed by atoms with Gasteiger partial charge in [0, 0.05) is 11.4 Å². The molecule has 0 amide bonds. The van der Waals surface area contributed by atoms with Crippen molar-refractivity contribution in [3.8, 4) is 5.19 Å². The quantitative estimate of drug-likeness (QED) is 0.300. The zero-order valence-corrected chi connectivity index (χ0v) is 12.7. The lowest BCUT2D eigenvalue weighted by atomic mass is 10.0. The molecule has 0 saturated heterocycles. The second kappa shape index (κ2) is 7.37. The lowest BCUT2D eigenvalue weighted by Gasteiger charge is -2.08. The normalized spacial score (nSPS) is 15.1. The Labute approximate surface area is 127 Å². The maximum Gasteiger partial charge on any atom is 0.330 e. The number of nitrogens with zero attached hydrogens (tertiary/aromatic N) is 2. The average molecular weight is 311 g/mol. The molecule has 0 aliphatic heterocycles. The summed E-state index contributed by atoms with van der Waals surface area (Å²) in [7, 11) is 0. The van der Waals surface area contributed by atoms with Crippen LogP contribution in [-0.2, 0) is 17.6 Å². The number of thiazole rings is 1. The highest BCUT2D eigenvalue weighted by Crippen LogP contribution is 2.31. The molecule has 0 radical (unpaired) electrons. The van der Waals surface area contributed by atoms with E-state index in [0.717, 1.165) is 25.0 Å². The highest BCUT2D eigenvalue weighted by molar-refractivity contribution is 7.13. The molecule has 1 heterocycles. The molecule has 1 aromatic heterocycles. The van der Waals surface area contributed by atoms with Gasteiger partial charge in [-0.25, -0.2) is 9.78 Å². The summed E-state index contributed by atoms with van der Waals surface area (Å²) in [5.74, 6) is -0.412. The molecule has 0 bridgehead atoms. The lowest BCUT2D eigenvalue weighted by Crippen LogP contribution is -2.34. The molecular formula is C13H21N5O2S. The topological polar surface area (TPSA) is 130 Å². The predicted octanol–water partition coefficient (Wildman–Crippen LogP) is 0.308. The van der Waals surface area contributed by atoms with E-state index >= 15 is 0 Å². The molecule has 2 rings (SSSR count). The first kappa shape index (κ1) is 15.7. The van der Waals surface area contributed by atoms with Crippen LogP contribution in [0, 0.1) is 0 Å². The van der Waals surface area contributed by atoms with E-state index in [1.807, 2.05) is 0 Å². The van der Waals surface area contributed by atoms with Crippen LogP contribution < -0.4 is 21.9 Å². The number of fused-ring (bicyclic) bond motifs is 1. The van der Waals surface area contributed by atoms with Gasteiger partial charge in [-0.15, -0.1) is 0 Å². The summed E-state index contributed by atoms with van der Waals surface area (Å²) in [6.45, 7) is 0.453. The van der Waals surface area contributed by atoms with E-state index in [9.17, 15) is 4.79 Å². The van der Waals surface area contributed by atoms with Crippen LogP contribution in [0.4, 0.5) is 0 Å². The summed E-state index contributed by atoms with van der Waals surface area (Å²) in [6, 6.07) is -0.680. The first-order valence-electron chi connectivity index (χ1n) is 7.07. The van der Waals surface area contributed by atoms with Gasteiger partial charge >= 0.3 is 5.97 Å². The van der Waals surface area contributed by atoms with Gasteiger partial charge in [-0.2, -0.15) is 0 Å². The van der Waals surface area contributed by atoms with Gasteiger partial charge in [0.2, 0.25) is 0 Å². The van der Waals surface area contributed by atoms with Crippen molar-refractivity contribution in [1.82, 2.24) is 4.98 Å². The number of guanidine groups is 1. The molecule has 6 N–H and O–H groups in total. The third-order valence-electron chi connectivity index (χ3n) is 3.28. The number of hydrogen-bond donors (Lipinski definition) is 3. The number of aryl methyl sites for hydroxylation is 2. The highest BCUT2D eigenvalue weighted by Gasteiger charge is 2.20. The third kappa shape index (κ3) is 4.68. The maximum absolute atomic E-state index is 11.9. The number of rotatable bonds is 6. The predicted molar refractivity (Wildman–Crippen MR) is 82.3 cm³/mol. The number of nitrogens with two attached hydrogens (primary N) is 3. The van der Waals surface area contributed by atoms with Gasteiger partial charge in [0.1, 0.15) is 6.04 Å². The molecule has 0 aromatic carbocycles. The van der Waals surface area contributed by atoms with Crippen molar-refractivity contribution in [3.05, 3.63) is 10.6 Å². The van der Waals surface area contributed by atoms with Crippen molar-refractivity contribution in [3.63, 3.8) is 0 Å². The molecule has 8 heteroatoms. The number of aromatic nitrogens is 1. The summed E-state index contributed by atoms with van der Waals surface area (Å²) in [5.41, 5.74) is 17.3. The third-order valence-corrected chi connectivity index (χ3v) is 4.32. The fourth-order valence-corrected chi connectivity index (χ4v) is 3.17. The highest BCUT2D eigenvalue weighted by atomic mass is 32.1. The van der Waals surface area contributed by atoms with E-state index < -0.39 is 12.0 Å². The zero-order chi connectivity index (χ0) is 15.2. The fourth-order valence-electron chi connectivity index (χ4n) is 2.17. The smallest absolute Gasteiger partial charge is 0.330 e. The van der Waals surface area contributed by atoms with Crippen molar-refractivity contribution in [2.24, 2.45) is 22.2 Å². The minimum absolute atomic E-state index is 0.0412. The molecular weight excluding hydrogens is 290 g/mol. The van der Waals surface area contributed by atoms with Gasteiger partial charge < -0.3 is 21.9 Å². The van der Waals surface area contributed by atoms with Gasteiger partial charge in [0.25, 0.3) is 5.19 Å². The summed E-state index contributed by atoms with van der Waals surface area (Å²) in [6.07, 6.45) is 5.41. The molecule has 1 aliphatic carbocycles. The SMILES string of the molecule is NC(N)=NCCC[C@H](N)C(=O)Oc1nc2c(s1)CCCC2. The molecule has 1 aliphatic rings. The molecule has 1 atom stereocenters. The van der Waals surface area contributed by atoms with E-state index in [4.69, 9.17) is 21.9 Å². The van der Waals surface area contributed by atoms with E-state index in [-0.39, 0.29) is 5.96 Å². The molecule has 21 heavy (non-hydrogen) atoms. The van der Waals surface area contributed by atoms with Crippen LogP contribution >= 0.6 is 11.3 Å². The summed E-state index contributed by atoms with van der Waals surface area (Å²) in [4.78, 5) is 21.3. The Morgan fingerprint density at radius 1 is 1.38 bits per heavy atom. The number of hydrogen-bond acceptors (Lipinski definition) is 6. The lowest BCUT2D eigenvalue weighted by molar-refractivity contribution is -0.136. The number of aliphatic imine (C=N–C) groups is 1. The first-order valence-corrected chi connectivity index (χ1v) is 7.89. The van der Waals surface area contributed by atoms with E-state index in [0.29, 0.717) is 24.6 Å². The standard InChI is InChI=1S/C13H21N5O2S/c14-8(4-3-7-17-12(15)16)11(19)20-13-18-9-5-1-2-6-10(9)21-13/h8H,1-7,14H2,(H4,15,16,17)/t8-/m0/s1. The Bertz CT molecular complexity index is 501. The van der Waals surface area contributed by atoms with Crippen LogP contribution in [0.15, 0.2) is 4.99 Å². The summed E-state index contributed by atoms with van der Waals surface area (Å²) >= 11 is 1.45. The minimum Gasteiger partial charge on any atom is -0.397 e. The van der Waals surface area contributed by atoms with Crippen LogP contribution in [0.5, 0.6) is 5.19 Å². The summed E-state index contributed by atoms with van der Waals surface area (Å²) < 4.78 is 5.27. The van der Waals surface area contributed by atoms with Gasteiger partial charge in [0.05, 0.1) is 5.69 Å². The van der Waals surface area contributed by atoms with Gasteiger partial charge in [-0.1, -0.05) is 11.3 Å². The van der Waals surface area contributed by atoms with E-state index in [1.54, 1.807) is 0 Å². The van der Waals surface area contributed by atoms with Crippen LogP contribution in [-0.4, -0.2) is 29.5 Å². The van der Waals surface area contributed by atoms with Crippen LogP contribution in [0.1, 0.15) is 36.3 Å². The van der Waals surface area contributed by atoms with Crippen molar-refractivity contribution in [1.29, 1.82) is 0 Å². The molecule has 7 nitrogen and oxygen atoms in total. The van der Waals surface area contributed by atoms with Gasteiger partial charge in [-0.05, 0) is 38.5 Å². The molecule has 1 aromatic rings. The Hall–Kier alpha value is -1.67. The molecule has 0 fully saturated rings. The number of ether oxygens (including phenoxy) is 1. The summed E-state index contributed by atoms with van der Waals surface area (Å²) in [5, 5.41) is 0.409. The van der Waals surface area contributed by atoms with Crippen LogP contribution in [0.3, 0.4) is 0 Å². The average Bonchev–Trinajstić information content (AvgIpc) is 2.85. The Morgan fingerprint density at radius 3 is 2.86 bits per heavy atom. The van der Waals surface area contributed by atoms with Crippen molar-refractivity contribution < 1.29 is 9.53 Å². The second-order valence-corrected chi connectivity index (χ2v) is 6.08. The van der Waals surface area contributed by atoms with Gasteiger partial charge in [-0.3, -0.25) is 4.99 Å². The van der Waals surface area contributed by atoms with Crippen LogP contribution in [0.2, 0.25) is 0 Å². The number of esters is 1. The zero-order valence-electron chi connectivity index (χ0n) is 11.9. The number of carbonyl (C=O) groups excluding carboxylic acids is 1. The van der Waals surface area contributed by atoms with Crippen molar-refractivity contribution in [2.75, 3.05) is 6.54 Å². The monoisotopic (exact) mass is 311 g/mol. The van der Waals surface area contributed by atoms with E-state index in [1.165, 1.54) is 22.6 Å².